The van der Waals surface area contributed by atoms with Crippen LogP contribution < -0.4 is 15.5 Å². The van der Waals surface area contributed by atoms with Crippen LogP contribution in [0.25, 0.3) is 0 Å². The number of aliphatic hydroxyl groups excluding tert-OH is 2. The van der Waals surface area contributed by atoms with E-state index in [1.807, 2.05) is 22.8 Å². The van der Waals surface area contributed by atoms with Crippen LogP contribution in [0, 0.1) is 29.6 Å². The Balaban J connectivity index is 1.33. The van der Waals surface area contributed by atoms with Gasteiger partial charge in [0.15, 0.2) is 30.8 Å². The number of ether oxygens (including phenoxy) is 8. The number of esters is 2. The van der Waals surface area contributed by atoms with Gasteiger partial charge >= 0.3 is 17.9 Å². The van der Waals surface area contributed by atoms with Gasteiger partial charge in [-0.25, -0.2) is 0 Å². The molecule has 1 aromatic rings. The molecule has 0 aromatic heterocycles. The third kappa shape index (κ3) is 14.3. The third-order valence-electron chi connectivity index (χ3n) is 16.2. The summed E-state index contributed by atoms with van der Waals surface area (Å²) in [6.07, 6.45) is -11.6. The maximum Gasteiger partial charge on any atom is 0.316 e. The standard InChI is InChI=1S/C54H88N4O18/c1-15-38-54(10,68)46(63)29(4)42(60)28(3)25-52(8,67)47(76-51-44(62)37(57(11)12)24-40(69-13)75-51)30(5)45(31(6)50(66)72-38)74-41-26-53(9,70-14)48(32(7)71-41)73-39(59)19-20-55-21-22-56-33-17-18-34-36(23-33)58(16-2)27-35(43(34)61)49(64)65/h17-18,23,28-32,35,37-38,40-41,44-48,51,55-56,62-63,67-68H,15-16,19-22,24-27H2,1-14H3,(H,64,65)/t28-,29+,30+,31-,32+,35?,37+,38-,40+,41?,44-,45+,46-,47-,48+,51?,52-,53-,54-/m1/s1. The van der Waals surface area contributed by atoms with E-state index in [-0.39, 0.29) is 38.8 Å². The molecule has 22 nitrogen and oxygen atoms in total. The summed E-state index contributed by atoms with van der Waals surface area (Å²) in [6.45, 7) is 18.1. The average molecular weight is 1080 g/mol. The number of likely N-dealkylation sites (N-methyl/N-ethyl adjacent to an activating group) is 1. The number of nitrogens with zero attached hydrogens (tertiary/aromatic N) is 2. The van der Waals surface area contributed by atoms with Gasteiger partial charge in [-0.1, -0.05) is 27.7 Å². The molecule has 0 saturated carbocycles. The number of aliphatic carboxylic acids is 1. The van der Waals surface area contributed by atoms with Crippen molar-refractivity contribution in [2.24, 2.45) is 29.6 Å². The SMILES string of the molecule is CC[C@H]1OC(=O)[C@H](C)[C@@H](OC2C[C@@](C)(OC)[C@@H](OC(=O)CCNCCNc3ccc4c(c3)N(CC)CC(C(=O)O)C4=O)[C@H](C)O2)[C@H](C)[C@@H](OC2O[C@H](OC)C[C@H](N(C)C)[C@H]2O)[C@](C)(O)C[C@@H](C)C(=O)[C@H](C)[C@@H](O)[C@]1(C)O. The van der Waals surface area contributed by atoms with Crippen LogP contribution in [-0.4, -0.2) is 205 Å². The number of nitrogens with one attached hydrogen (secondary N) is 2. The van der Waals surface area contributed by atoms with Gasteiger partial charge in [0.1, 0.15) is 35.1 Å². The van der Waals surface area contributed by atoms with E-state index in [0.717, 1.165) is 5.69 Å². The molecule has 1 aromatic carbocycles. The second kappa shape index (κ2) is 26.4. The molecule has 5 rings (SSSR count). The highest BCUT2D eigenvalue weighted by Crippen LogP contribution is 2.42. The molecule has 0 aliphatic carbocycles. The predicted molar refractivity (Wildman–Crippen MR) is 277 cm³/mol. The van der Waals surface area contributed by atoms with Crippen LogP contribution in [0.3, 0.4) is 0 Å². The van der Waals surface area contributed by atoms with Gasteiger partial charge in [-0.15, -0.1) is 0 Å². The number of aliphatic hydroxyl groups is 4. The number of benzene rings is 1. The summed E-state index contributed by atoms with van der Waals surface area (Å²) in [5.41, 5.74) is -3.38. The van der Waals surface area contributed by atoms with Gasteiger partial charge < -0.3 is 83.9 Å². The lowest BCUT2D eigenvalue weighted by Crippen LogP contribution is -2.61. The number of cyclic esters (lactones) is 1. The summed E-state index contributed by atoms with van der Waals surface area (Å²) >= 11 is 0. The zero-order chi connectivity index (χ0) is 56.8. The highest BCUT2D eigenvalue weighted by Gasteiger charge is 2.55. The largest absolute Gasteiger partial charge is 0.481 e. The molecule has 22 heteroatoms. The van der Waals surface area contributed by atoms with E-state index in [1.54, 1.807) is 67.8 Å². The number of hydrogen-bond donors (Lipinski definition) is 7. The fourth-order valence-electron chi connectivity index (χ4n) is 11.5. The summed E-state index contributed by atoms with van der Waals surface area (Å²) in [7, 11) is 6.52. The van der Waals surface area contributed by atoms with Crippen molar-refractivity contribution in [1.29, 1.82) is 0 Å². The summed E-state index contributed by atoms with van der Waals surface area (Å²) in [5, 5.41) is 63.8. The van der Waals surface area contributed by atoms with Crippen molar-refractivity contribution in [3.63, 3.8) is 0 Å². The van der Waals surface area contributed by atoms with Crippen LogP contribution in [-0.2, 0) is 57.1 Å². The molecule has 0 spiro atoms. The van der Waals surface area contributed by atoms with E-state index in [0.29, 0.717) is 37.3 Å². The second-order valence-corrected chi connectivity index (χ2v) is 22.2. The normalized spacial score (nSPS) is 39.0. The smallest absolute Gasteiger partial charge is 0.316 e. The molecule has 432 valence electrons. The lowest BCUT2D eigenvalue weighted by molar-refractivity contribution is -0.340. The predicted octanol–water partition coefficient (Wildman–Crippen LogP) is 2.74. The lowest BCUT2D eigenvalue weighted by atomic mass is 9.74. The molecular formula is C54H88N4O18. The molecule has 4 aliphatic rings. The highest BCUT2D eigenvalue weighted by atomic mass is 16.8. The van der Waals surface area contributed by atoms with Crippen LogP contribution in [0.4, 0.5) is 11.4 Å². The monoisotopic (exact) mass is 1080 g/mol. The summed E-state index contributed by atoms with van der Waals surface area (Å²) in [5.74, 6) is -8.67. The minimum Gasteiger partial charge on any atom is -0.481 e. The number of carboxylic acid groups (broad SMARTS) is 1. The number of rotatable bonds is 18. The Morgan fingerprint density at radius 1 is 0.895 bits per heavy atom. The van der Waals surface area contributed by atoms with E-state index in [4.69, 9.17) is 37.9 Å². The molecule has 76 heavy (non-hydrogen) atoms. The number of fused-ring (bicyclic) bond motifs is 1. The number of carbonyl (C=O) groups is 5. The molecule has 7 N–H and O–H groups in total. The van der Waals surface area contributed by atoms with Gasteiger partial charge in [0.2, 0.25) is 0 Å². The van der Waals surface area contributed by atoms with Crippen molar-refractivity contribution < 1.29 is 87.4 Å². The van der Waals surface area contributed by atoms with E-state index >= 15 is 0 Å². The fourth-order valence-corrected chi connectivity index (χ4v) is 11.5. The number of anilines is 2. The van der Waals surface area contributed by atoms with Crippen molar-refractivity contribution in [3.05, 3.63) is 23.8 Å². The first-order valence-corrected chi connectivity index (χ1v) is 26.8. The zero-order valence-electron chi connectivity index (χ0n) is 47.0. The fraction of sp³-hybridized carbons (Fsp3) is 0.796. The molecule has 0 amide bonds. The van der Waals surface area contributed by atoms with Crippen molar-refractivity contribution in [1.82, 2.24) is 10.2 Å². The van der Waals surface area contributed by atoms with Crippen molar-refractivity contribution >= 4 is 40.8 Å². The van der Waals surface area contributed by atoms with Gasteiger partial charge in [-0.3, -0.25) is 24.0 Å². The summed E-state index contributed by atoms with van der Waals surface area (Å²) in [4.78, 5) is 70.2. The Labute approximate surface area is 447 Å². The maximum absolute atomic E-state index is 14.5. The molecule has 4 heterocycles. The molecular weight excluding hydrogens is 993 g/mol. The van der Waals surface area contributed by atoms with Gasteiger partial charge in [0.05, 0.1) is 42.4 Å². The molecule has 3 saturated heterocycles. The first kappa shape index (κ1) is 62.9. The lowest BCUT2D eigenvalue weighted by Gasteiger charge is -2.49. The van der Waals surface area contributed by atoms with Gasteiger partial charge in [-0.2, -0.15) is 0 Å². The minimum atomic E-state index is -2.07. The Morgan fingerprint density at radius 2 is 1.58 bits per heavy atom. The number of Topliss-reactive ketones (excluding diaryl/α,β-unsaturated/α-hetero) is 2. The van der Waals surface area contributed by atoms with Crippen LogP contribution in [0.15, 0.2) is 18.2 Å². The van der Waals surface area contributed by atoms with Gasteiger partial charge in [0, 0.05) is 101 Å². The second-order valence-electron chi connectivity index (χ2n) is 22.2. The molecule has 0 bridgehead atoms. The molecule has 3 fully saturated rings. The van der Waals surface area contributed by atoms with E-state index in [2.05, 4.69) is 10.6 Å². The molecule has 4 aliphatic heterocycles. The van der Waals surface area contributed by atoms with Crippen molar-refractivity contribution in [2.75, 3.05) is 71.3 Å². The van der Waals surface area contributed by atoms with Gasteiger partial charge in [-0.05, 0) is 86.7 Å². The van der Waals surface area contributed by atoms with Crippen molar-refractivity contribution in [3.8, 4) is 0 Å². The molecule has 3 unspecified atom stereocenters. The average Bonchev–Trinajstić information content (AvgIpc) is 3.37. The number of methoxy groups -OCH3 is 2. The Morgan fingerprint density at radius 3 is 2.18 bits per heavy atom. The quantitative estimate of drug-likeness (QED) is 0.0632. The number of carbonyl (C=O) groups excluding carboxylic acids is 4. The van der Waals surface area contributed by atoms with Crippen LogP contribution in [0.2, 0.25) is 0 Å². The topological polar surface area (TPSA) is 291 Å². The minimum absolute atomic E-state index is 0.00620. The third-order valence-corrected chi connectivity index (χ3v) is 16.2. The molecule has 19 atom stereocenters. The van der Waals surface area contributed by atoms with Gasteiger partial charge in [0.25, 0.3) is 0 Å². The first-order valence-electron chi connectivity index (χ1n) is 26.8. The Hall–Kier alpha value is -3.91. The number of hydrogen-bond acceptors (Lipinski definition) is 21. The van der Waals surface area contributed by atoms with Crippen LogP contribution in [0.5, 0.6) is 0 Å². The molecule has 0 radical (unpaired) electrons. The zero-order valence-corrected chi connectivity index (χ0v) is 47.0. The van der Waals surface area contributed by atoms with Crippen molar-refractivity contribution in [2.45, 2.75) is 186 Å². The van der Waals surface area contributed by atoms with Crippen LogP contribution >= 0.6 is 0 Å². The number of carboxylic acids is 1. The maximum atomic E-state index is 14.5. The number of ketones is 2. The van der Waals surface area contributed by atoms with E-state index in [1.165, 1.54) is 35.0 Å². The first-order chi connectivity index (χ1) is 35.6. The van der Waals surface area contributed by atoms with Crippen LogP contribution in [0.1, 0.15) is 112 Å². The van der Waals surface area contributed by atoms with E-state index in [9.17, 15) is 49.5 Å². The highest BCUT2D eigenvalue weighted by molar-refractivity contribution is 6.13. The summed E-state index contributed by atoms with van der Waals surface area (Å²) < 4.78 is 49.8. The van der Waals surface area contributed by atoms with E-state index < -0.39 is 144 Å². The summed E-state index contributed by atoms with van der Waals surface area (Å²) in [6, 6.07) is 4.71. The Kier molecular flexibility index (Phi) is 21.8. The Bertz CT molecular complexity index is 2150.